The van der Waals surface area contributed by atoms with Crippen molar-refractivity contribution in [3.63, 3.8) is 0 Å². The van der Waals surface area contributed by atoms with Gasteiger partial charge in [0.25, 0.3) is 0 Å². The zero-order valence-electron chi connectivity index (χ0n) is 15.7. The highest BCUT2D eigenvalue weighted by Crippen LogP contribution is 2.38. The van der Waals surface area contributed by atoms with Crippen LogP contribution in [-0.4, -0.2) is 26.5 Å². The molecule has 0 saturated heterocycles. The molecule has 1 atom stereocenters. The predicted molar refractivity (Wildman–Crippen MR) is 105 cm³/mol. The number of benzene rings is 1. The van der Waals surface area contributed by atoms with Gasteiger partial charge in [-0.2, -0.15) is 0 Å². The quantitative estimate of drug-likeness (QED) is 0.597. The minimum absolute atomic E-state index is 0.0487. The summed E-state index contributed by atoms with van der Waals surface area (Å²) in [5.74, 6) is 0.0152. The maximum Gasteiger partial charge on any atom is 0.229 e. The van der Waals surface area contributed by atoms with E-state index in [0.29, 0.717) is 17.3 Å². The summed E-state index contributed by atoms with van der Waals surface area (Å²) >= 11 is 1.50. The van der Waals surface area contributed by atoms with Crippen molar-refractivity contribution < 1.29 is 9.59 Å². The topological polar surface area (TPSA) is 64.0 Å². The highest BCUT2D eigenvalue weighted by atomic mass is 32.2. The molecule has 1 aromatic carbocycles. The first kappa shape index (κ1) is 18.7. The number of hydrogen-bond donors (Lipinski definition) is 1. The van der Waals surface area contributed by atoms with E-state index in [1.165, 1.54) is 24.6 Å². The van der Waals surface area contributed by atoms with Gasteiger partial charge in [0, 0.05) is 35.1 Å². The fraction of sp³-hybridized carbons (Fsp3) is 0.450. The smallest absolute Gasteiger partial charge is 0.229 e. The molecule has 1 saturated carbocycles. The molecule has 138 valence electrons. The molecule has 1 unspecified atom stereocenters. The normalized spacial score (nSPS) is 15.5. The van der Waals surface area contributed by atoms with E-state index in [0.717, 1.165) is 5.16 Å². The first-order valence-corrected chi connectivity index (χ1v) is 9.79. The molecule has 2 aromatic rings. The third kappa shape index (κ3) is 4.36. The number of hydrogen-bond acceptors (Lipinski definition) is 4. The summed E-state index contributed by atoms with van der Waals surface area (Å²) in [4.78, 5) is 29.1. The van der Waals surface area contributed by atoms with Crippen molar-refractivity contribution in [1.82, 2.24) is 9.55 Å². The number of imidazole rings is 1. The molecule has 1 N–H and O–H groups in total. The molecule has 1 amide bonds. The van der Waals surface area contributed by atoms with Crippen LogP contribution < -0.4 is 5.32 Å². The van der Waals surface area contributed by atoms with Crippen molar-refractivity contribution in [3.05, 3.63) is 42.2 Å². The summed E-state index contributed by atoms with van der Waals surface area (Å²) < 4.78 is 2.17. The van der Waals surface area contributed by atoms with E-state index in [4.69, 9.17) is 0 Å². The number of nitrogens with one attached hydrogen (secondary N) is 1. The van der Waals surface area contributed by atoms with Crippen LogP contribution in [0.25, 0.3) is 0 Å². The van der Waals surface area contributed by atoms with E-state index < -0.39 is 5.41 Å². The minimum Gasteiger partial charge on any atom is -0.326 e. The van der Waals surface area contributed by atoms with Gasteiger partial charge in [0.1, 0.15) is 0 Å². The summed E-state index contributed by atoms with van der Waals surface area (Å²) in [6.45, 7) is 7.51. The van der Waals surface area contributed by atoms with Crippen molar-refractivity contribution >= 4 is 29.1 Å². The van der Waals surface area contributed by atoms with E-state index in [-0.39, 0.29) is 16.9 Å². The predicted octanol–water partition coefficient (Wildman–Crippen LogP) is 4.57. The maximum absolute atomic E-state index is 12.7. The molecule has 0 aliphatic heterocycles. The molecule has 3 rings (SSSR count). The van der Waals surface area contributed by atoms with E-state index in [1.54, 1.807) is 30.5 Å². The molecule has 1 aliphatic rings. The lowest BCUT2D eigenvalue weighted by Gasteiger charge is -2.18. The van der Waals surface area contributed by atoms with Gasteiger partial charge < -0.3 is 9.88 Å². The van der Waals surface area contributed by atoms with Gasteiger partial charge in [0.15, 0.2) is 10.9 Å². The fourth-order valence-electron chi connectivity index (χ4n) is 2.50. The van der Waals surface area contributed by atoms with Gasteiger partial charge in [0.2, 0.25) is 5.91 Å². The average Bonchev–Trinajstić information content (AvgIpc) is 3.33. The fourth-order valence-corrected chi connectivity index (χ4v) is 3.52. The van der Waals surface area contributed by atoms with Gasteiger partial charge in [-0.1, -0.05) is 32.5 Å². The Bertz CT molecular complexity index is 801. The second kappa shape index (κ2) is 7.27. The van der Waals surface area contributed by atoms with Crippen LogP contribution in [0.3, 0.4) is 0 Å². The van der Waals surface area contributed by atoms with Crippen LogP contribution in [0.15, 0.2) is 41.8 Å². The Balaban J connectivity index is 1.63. The monoisotopic (exact) mass is 371 g/mol. The third-order valence-corrected chi connectivity index (χ3v) is 5.43. The molecular weight excluding hydrogens is 346 g/mol. The molecule has 26 heavy (non-hydrogen) atoms. The lowest BCUT2D eigenvalue weighted by Crippen LogP contribution is -2.27. The molecule has 1 aliphatic carbocycles. The van der Waals surface area contributed by atoms with Crippen LogP contribution >= 0.6 is 11.8 Å². The van der Waals surface area contributed by atoms with E-state index in [1.807, 2.05) is 33.9 Å². The highest BCUT2D eigenvalue weighted by Gasteiger charge is 2.27. The number of aromatic nitrogens is 2. The summed E-state index contributed by atoms with van der Waals surface area (Å²) in [6.07, 6.45) is 6.16. The van der Waals surface area contributed by atoms with Crippen LogP contribution in [0.4, 0.5) is 5.69 Å². The van der Waals surface area contributed by atoms with Crippen LogP contribution in [-0.2, 0) is 4.79 Å². The van der Waals surface area contributed by atoms with Gasteiger partial charge in [-0.3, -0.25) is 9.59 Å². The molecule has 1 fully saturated rings. The molecule has 1 heterocycles. The number of thioether (sulfide) groups is 1. The maximum atomic E-state index is 12.7. The number of rotatable bonds is 6. The Kier molecular flexibility index (Phi) is 5.23. The number of carbonyl (C=O) groups is 2. The first-order valence-electron chi connectivity index (χ1n) is 8.91. The number of anilines is 1. The standard InChI is InChI=1S/C20H25N3O2S/c1-13(26-19-21-11-12-23(19)16-9-10-16)17(24)14-5-7-15(8-6-14)22-18(25)20(2,3)4/h5-8,11-13,16H,9-10H2,1-4H3,(H,22,25). The number of carbonyl (C=O) groups excluding carboxylic acids is 2. The van der Waals surface area contributed by atoms with E-state index >= 15 is 0 Å². The number of ketones is 1. The van der Waals surface area contributed by atoms with Gasteiger partial charge in [-0.15, -0.1) is 0 Å². The number of nitrogens with zero attached hydrogens (tertiary/aromatic N) is 2. The second-order valence-electron chi connectivity index (χ2n) is 7.75. The average molecular weight is 372 g/mol. The molecule has 0 bridgehead atoms. The largest absolute Gasteiger partial charge is 0.326 e. The summed E-state index contributed by atoms with van der Waals surface area (Å²) in [6, 6.07) is 7.64. The Morgan fingerprint density at radius 2 is 1.88 bits per heavy atom. The Morgan fingerprint density at radius 3 is 2.46 bits per heavy atom. The lowest BCUT2D eigenvalue weighted by molar-refractivity contribution is -0.123. The summed E-state index contributed by atoms with van der Waals surface area (Å²) in [5, 5.41) is 3.56. The summed E-state index contributed by atoms with van der Waals surface area (Å²) in [5.41, 5.74) is 0.887. The zero-order chi connectivity index (χ0) is 18.9. The Hall–Kier alpha value is -2.08. The molecule has 0 radical (unpaired) electrons. The number of Topliss-reactive ketones (excluding diaryl/α,β-unsaturated/α-hetero) is 1. The Labute approximate surface area is 158 Å². The van der Waals surface area contributed by atoms with Crippen molar-refractivity contribution in [2.75, 3.05) is 5.32 Å². The second-order valence-corrected chi connectivity index (χ2v) is 9.06. The van der Waals surface area contributed by atoms with Crippen LogP contribution in [0, 0.1) is 5.41 Å². The van der Waals surface area contributed by atoms with Crippen molar-refractivity contribution in [2.24, 2.45) is 5.41 Å². The zero-order valence-corrected chi connectivity index (χ0v) is 16.5. The van der Waals surface area contributed by atoms with Gasteiger partial charge in [-0.25, -0.2) is 4.98 Å². The molecule has 1 aromatic heterocycles. The lowest BCUT2D eigenvalue weighted by atomic mass is 9.95. The van der Waals surface area contributed by atoms with Crippen LogP contribution in [0.5, 0.6) is 0 Å². The first-order chi connectivity index (χ1) is 12.3. The number of amides is 1. The van der Waals surface area contributed by atoms with Crippen LogP contribution in [0.1, 0.15) is 56.9 Å². The van der Waals surface area contributed by atoms with E-state index in [9.17, 15) is 9.59 Å². The minimum atomic E-state index is -0.455. The molecule has 6 heteroatoms. The van der Waals surface area contributed by atoms with E-state index in [2.05, 4.69) is 14.9 Å². The van der Waals surface area contributed by atoms with Gasteiger partial charge in [0.05, 0.1) is 5.25 Å². The highest BCUT2D eigenvalue weighted by molar-refractivity contribution is 8.00. The van der Waals surface area contributed by atoms with Crippen molar-refractivity contribution in [1.29, 1.82) is 0 Å². The molecule has 5 nitrogen and oxygen atoms in total. The van der Waals surface area contributed by atoms with Gasteiger partial charge >= 0.3 is 0 Å². The third-order valence-electron chi connectivity index (χ3n) is 4.33. The van der Waals surface area contributed by atoms with Crippen molar-refractivity contribution in [2.45, 2.75) is 57.0 Å². The van der Waals surface area contributed by atoms with Crippen LogP contribution in [0.2, 0.25) is 0 Å². The molecule has 0 spiro atoms. The SMILES string of the molecule is CC(Sc1nccn1C1CC1)C(=O)c1ccc(NC(=O)C(C)(C)C)cc1. The van der Waals surface area contributed by atoms with Crippen molar-refractivity contribution in [3.8, 4) is 0 Å². The summed E-state index contributed by atoms with van der Waals surface area (Å²) in [7, 11) is 0. The van der Waals surface area contributed by atoms with Gasteiger partial charge in [-0.05, 0) is 44.0 Å². The Morgan fingerprint density at radius 1 is 1.23 bits per heavy atom. The molecular formula is C20H25N3O2S.